The van der Waals surface area contributed by atoms with Gasteiger partial charge in [-0.15, -0.1) is 0 Å². The lowest BCUT2D eigenvalue weighted by Crippen LogP contribution is -2.27. The van der Waals surface area contributed by atoms with Gasteiger partial charge in [0.25, 0.3) is 0 Å². The lowest BCUT2D eigenvalue weighted by Gasteiger charge is -2.20. The number of nitrogens with zero attached hydrogens (tertiary/aromatic N) is 1. The van der Waals surface area contributed by atoms with Crippen LogP contribution in [0.5, 0.6) is 0 Å². The lowest BCUT2D eigenvalue weighted by atomic mass is 9.89. The Balaban J connectivity index is 2.16. The fourth-order valence-corrected chi connectivity index (χ4v) is 2.05. The summed E-state index contributed by atoms with van der Waals surface area (Å²) in [5.41, 5.74) is 1.16. The van der Waals surface area contributed by atoms with Gasteiger partial charge in [-0.25, -0.2) is 9.71 Å². The monoisotopic (exact) mass is 220 g/mol. The Labute approximate surface area is 94.9 Å². The molecule has 2 rings (SSSR count). The fourth-order valence-electron chi connectivity index (χ4n) is 2.05. The van der Waals surface area contributed by atoms with E-state index in [1.165, 1.54) is 6.07 Å². The summed E-state index contributed by atoms with van der Waals surface area (Å²) in [7, 11) is 0. The number of halogens is 1. The lowest BCUT2D eigenvalue weighted by molar-refractivity contribution is 0.0894. The molecule has 85 valence electrons. The molecule has 1 aliphatic heterocycles. The van der Waals surface area contributed by atoms with E-state index in [0.29, 0.717) is 11.1 Å². The Bertz CT molecular complexity index is 397. The maximum Gasteiger partial charge on any atom is 0.166 e. The maximum absolute atomic E-state index is 13.1. The Kier molecular flexibility index (Phi) is 3.34. The number of Topliss-reactive ketones (excluding diaryl/α,β-unsaturated/α-hetero) is 1. The highest BCUT2D eigenvalue weighted by atomic mass is 19.1. The van der Waals surface area contributed by atoms with E-state index < -0.39 is 0 Å². The van der Waals surface area contributed by atoms with Crippen molar-refractivity contribution in [3.63, 3.8) is 0 Å². The van der Waals surface area contributed by atoms with Gasteiger partial charge in [0.1, 0.15) is 5.82 Å². The van der Waals surface area contributed by atoms with Crippen molar-refractivity contribution in [1.82, 2.24) is 5.32 Å². The quantitative estimate of drug-likeness (QED) is 0.704. The third kappa shape index (κ3) is 2.30. The number of benzene rings is 1. The SMILES string of the molecule is Cc1cc(C(=O)C2CC[N]CC2)ccc1F. The summed E-state index contributed by atoms with van der Waals surface area (Å²) in [5, 5.41) is 4.22. The van der Waals surface area contributed by atoms with Crippen LogP contribution in [0.15, 0.2) is 18.2 Å². The van der Waals surface area contributed by atoms with Gasteiger partial charge in [-0.3, -0.25) is 4.79 Å². The van der Waals surface area contributed by atoms with Crippen LogP contribution in [-0.2, 0) is 0 Å². The van der Waals surface area contributed by atoms with Gasteiger partial charge >= 0.3 is 0 Å². The predicted molar refractivity (Wildman–Crippen MR) is 60.1 cm³/mol. The average molecular weight is 220 g/mol. The molecule has 1 aromatic rings. The molecule has 1 aromatic carbocycles. The van der Waals surface area contributed by atoms with E-state index in [9.17, 15) is 9.18 Å². The van der Waals surface area contributed by atoms with Gasteiger partial charge in [0, 0.05) is 24.6 Å². The van der Waals surface area contributed by atoms with E-state index in [1.807, 2.05) is 0 Å². The van der Waals surface area contributed by atoms with Crippen molar-refractivity contribution in [2.45, 2.75) is 19.8 Å². The van der Waals surface area contributed by atoms with Crippen molar-refractivity contribution >= 4 is 5.78 Å². The fraction of sp³-hybridized carbons (Fsp3) is 0.462. The molecule has 1 saturated heterocycles. The highest BCUT2D eigenvalue weighted by Crippen LogP contribution is 2.20. The Hall–Kier alpha value is -1.22. The first-order chi connectivity index (χ1) is 7.68. The molecule has 0 atom stereocenters. The highest BCUT2D eigenvalue weighted by Gasteiger charge is 2.22. The van der Waals surface area contributed by atoms with Crippen molar-refractivity contribution in [2.24, 2.45) is 5.92 Å². The van der Waals surface area contributed by atoms with Gasteiger partial charge in [-0.2, -0.15) is 0 Å². The van der Waals surface area contributed by atoms with Crippen molar-refractivity contribution in [1.29, 1.82) is 0 Å². The molecule has 0 bridgehead atoms. The number of hydrogen-bond donors (Lipinski definition) is 0. The summed E-state index contributed by atoms with van der Waals surface area (Å²) in [4.78, 5) is 12.1. The number of carbonyl (C=O) groups excluding carboxylic acids is 1. The third-order valence-electron chi connectivity index (χ3n) is 3.08. The highest BCUT2D eigenvalue weighted by molar-refractivity contribution is 5.98. The Morgan fingerprint density at radius 2 is 2.06 bits per heavy atom. The molecule has 0 aromatic heterocycles. The van der Waals surface area contributed by atoms with Crippen LogP contribution in [0.2, 0.25) is 0 Å². The van der Waals surface area contributed by atoms with Crippen LogP contribution in [0, 0.1) is 18.7 Å². The van der Waals surface area contributed by atoms with Crippen LogP contribution in [0.25, 0.3) is 0 Å². The molecule has 1 heterocycles. The molecule has 2 nitrogen and oxygen atoms in total. The standard InChI is InChI=1S/C13H15FNO/c1-9-8-11(2-3-12(9)14)13(16)10-4-6-15-7-5-10/h2-3,8,10H,4-7H2,1H3. The molecule has 0 N–H and O–H groups in total. The molecule has 1 fully saturated rings. The summed E-state index contributed by atoms with van der Waals surface area (Å²) in [5.74, 6) is -0.0458. The van der Waals surface area contributed by atoms with Gasteiger partial charge in [0.15, 0.2) is 5.78 Å². The number of carbonyl (C=O) groups is 1. The zero-order valence-electron chi connectivity index (χ0n) is 9.37. The average Bonchev–Trinajstić information content (AvgIpc) is 2.33. The van der Waals surface area contributed by atoms with Crippen molar-refractivity contribution in [3.05, 3.63) is 35.1 Å². The van der Waals surface area contributed by atoms with Crippen LogP contribution in [0.4, 0.5) is 4.39 Å². The molecule has 16 heavy (non-hydrogen) atoms. The van der Waals surface area contributed by atoms with Crippen LogP contribution in [0.1, 0.15) is 28.8 Å². The Morgan fingerprint density at radius 3 is 2.69 bits per heavy atom. The van der Waals surface area contributed by atoms with Crippen molar-refractivity contribution in [2.75, 3.05) is 13.1 Å². The first kappa shape index (κ1) is 11.3. The molecule has 0 unspecified atom stereocenters. The molecule has 0 spiro atoms. The van der Waals surface area contributed by atoms with Crippen LogP contribution in [-0.4, -0.2) is 18.9 Å². The van der Waals surface area contributed by atoms with E-state index in [-0.39, 0.29) is 17.5 Å². The largest absolute Gasteiger partial charge is 0.294 e. The zero-order valence-corrected chi connectivity index (χ0v) is 9.37. The summed E-state index contributed by atoms with van der Waals surface area (Å²) in [6, 6.07) is 4.59. The normalized spacial score (nSPS) is 17.4. The van der Waals surface area contributed by atoms with Crippen molar-refractivity contribution < 1.29 is 9.18 Å². The smallest absolute Gasteiger partial charge is 0.166 e. The Morgan fingerprint density at radius 1 is 1.38 bits per heavy atom. The predicted octanol–water partition coefficient (Wildman–Crippen LogP) is 2.33. The van der Waals surface area contributed by atoms with E-state index in [2.05, 4.69) is 5.32 Å². The number of aryl methyl sites for hydroxylation is 1. The summed E-state index contributed by atoms with van der Waals surface area (Å²) in [6.45, 7) is 3.23. The number of rotatable bonds is 2. The van der Waals surface area contributed by atoms with Crippen LogP contribution in [0.3, 0.4) is 0 Å². The van der Waals surface area contributed by atoms with E-state index >= 15 is 0 Å². The van der Waals surface area contributed by atoms with Gasteiger partial charge in [0.2, 0.25) is 0 Å². The van der Waals surface area contributed by atoms with Gasteiger partial charge < -0.3 is 0 Å². The first-order valence-electron chi connectivity index (χ1n) is 5.62. The molecule has 3 heteroatoms. The minimum atomic E-state index is -0.254. The minimum absolute atomic E-state index is 0.0716. The zero-order chi connectivity index (χ0) is 11.5. The van der Waals surface area contributed by atoms with Crippen LogP contribution >= 0.6 is 0 Å². The molecule has 0 saturated carbocycles. The molecule has 1 radical (unpaired) electrons. The summed E-state index contributed by atoms with van der Waals surface area (Å²) < 4.78 is 13.1. The molecule has 0 aliphatic carbocycles. The third-order valence-corrected chi connectivity index (χ3v) is 3.08. The number of ketones is 1. The van der Waals surface area contributed by atoms with E-state index in [0.717, 1.165) is 25.9 Å². The molecular formula is C13H15FNO. The second-order valence-electron chi connectivity index (χ2n) is 4.27. The molecule has 0 amide bonds. The summed E-state index contributed by atoms with van der Waals surface area (Å²) >= 11 is 0. The van der Waals surface area contributed by atoms with E-state index in [1.54, 1.807) is 19.1 Å². The summed E-state index contributed by atoms with van der Waals surface area (Å²) in [6.07, 6.45) is 1.66. The molecular weight excluding hydrogens is 205 g/mol. The molecule has 1 aliphatic rings. The van der Waals surface area contributed by atoms with Gasteiger partial charge in [0.05, 0.1) is 0 Å². The maximum atomic E-state index is 13.1. The van der Waals surface area contributed by atoms with Gasteiger partial charge in [-0.1, -0.05) is 0 Å². The van der Waals surface area contributed by atoms with Crippen LogP contribution < -0.4 is 5.32 Å². The van der Waals surface area contributed by atoms with E-state index in [4.69, 9.17) is 0 Å². The second-order valence-corrected chi connectivity index (χ2v) is 4.27. The number of hydrogen-bond acceptors (Lipinski definition) is 1. The van der Waals surface area contributed by atoms with Crippen molar-refractivity contribution in [3.8, 4) is 0 Å². The first-order valence-corrected chi connectivity index (χ1v) is 5.62. The van der Waals surface area contributed by atoms with Gasteiger partial charge in [-0.05, 0) is 43.5 Å². The minimum Gasteiger partial charge on any atom is -0.294 e. The number of piperidine rings is 1. The second kappa shape index (κ2) is 4.74. The topological polar surface area (TPSA) is 31.2 Å².